The molecule has 0 radical (unpaired) electrons. The largest absolute Gasteiger partial charge is 0.493 e. The van der Waals surface area contributed by atoms with Gasteiger partial charge in [-0.05, 0) is 43.9 Å². The molecule has 1 N–H and O–H groups in total. The molecular formula is C19H21N3O4. The Kier molecular flexibility index (Phi) is 4.36. The second-order valence-corrected chi connectivity index (χ2v) is 6.51. The molecule has 0 fully saturated rings. The molecule has 2 aromatic rings. The van der Waals surface area contributed by atoms with Crippen molar-refractivity contribution < 1.29 is 19.0 Å². The van der Waals surface area contributed by atoms with Crippen LogP contribution in [0.3, 0.4) is 0 Å². The summed E-state index contributed by atoms with van der Waals surface area (Å²) in [5, 5.41) is 3.10. The highest BCUT2D eigenvalue weighted by Gasteiger charge is 2.25. The van der Waals surface area contributed by atoms with E-state index in [1.165, 1.54) is 0 Å². The Morgan fingerprint density at radius 2 is 2.15 bits per heavy atom. The minimum absolute atomic E-state index is 0.0560. The van der Waals surface area contributed by atoms with E-state index in [1.54, 1.807) is 19.2 Å². The summed E-state index contributed by atoms with van der Waals surface area (Å²) in [6, 6.07) is 3.45. The number of carbonyl (C=O) groups excluding carboxylic acids is 1. The maximum Gasteiger partial charge on any atom is 0.251 e. The molecular weight excluding hydrogens is 334 g/mol. The van der Waals surface area contributed by atoms with Crippen LogP contribution in [0, 0.1) is 6.92 Å². The van der Waals surface area contributed by atoms with Gasteiger partial charge in [-0.25, -0.2) is 9.97 Å². The molecule has 7 heteroatoms. The smallest absolute Gasteiger partial charge is 0.251 e. The fraction of sp³-hybridized carbons (Fsp3) is 0.421. The maximum atomic E-state index is 12.7. The van der Waals surface area contributed by atoms with Gasteiger partial charge in [0, 0.05) is 23.5 Å². The highest BCUT2D eigenvalue weighted by molar-refractivity contribution is 5.95. The maximum absolute atomic E-state index is 12.7. The Labute approximate surface area is 151 Å². The second-order valence-electron chi connectivity index (χ2n) is 6.51. The molecule has 0 unspecified atom stereocenters. The Bertz CT molecular complexity index is 836. The number of rotatable bonds is 3. The van der Waals surface area contributed by atoms with E-state index in [4.69, 9.17) is 14.2 Å². The number of aryl methyl sites for hydroxylation is 2. The first-order valence-corrected chi connectivity index (χ1v) is 8.74. The first-order chi connectivity index (χ1) is 12.6. The molecule has 136 valence electrons. The predicted octanol–water partition coefficient (Wildman–Crippen LogP) is 1.85. The van der Waals surface area contributed by atoms with E-state index in [-0.39, 0.29) is 11.9 Å². The Morgan fingerprint density at radius 1 is 1.31 bits per heavy atom. The van der Waals surface area contributed by atoms with Gasteiger partial charge in [-0.15, -0.1) is 0 Å². The number of benzene rings is 1. The van der Waals surface area contributed by atoms with Gasteiger partial charge in [-0.1, -0.05) is 0 Å². The summed E-state index contributed by atoms with van der Waals surface area (Å²) in [7, 11) is 1.55. The van der Waals surface area contributed by atoms with E-state index < -0.39 is 0 Å². The first kappa shape index (κ1) is 16.6. The van der Waals surface area contributed by atoms with Gasteiger partial charge in [0.2, 0.25) is 5.75 Å². The molecule has 26 heavy (non-hydrogen) atoms. The van der Waals surface area contributed by atoms with E-state index >= 15 is 0 Å². The van der Waals surface area contributed by atoms with E-state index in [0.29, 0.717) is 36.0 Å². The number of aromatic nitrogens is 2. The van der Waals surface area contributed by atoms with Crippen LogP contribution in [0.2, 0.25) is 0 Å². The van der Waals surface area contributed by atoms with Crippen LogP contribution in [0.15, 0.2) is 18.3 Å². The quantitative estimate of drug-likeness (QED) is 0.905. The number of hydrogen-bond acceptors (Lipinski definition) is 6. The van der Waals surface area contributed by atoms with Gasteiger partial charge in [0.1, 0.15) is 19.0 Å². The van der Waals surface area contributed by atoms with Crippen LogP contribution in [-0.2, 0) is 12.8 Å². The third-order valence-electron chi connectivity index (χ3n) is 4.70. The molecule has 2 heterocycles. The van der Waals surface area contributed by atoms with E-state index in [0.717, 1.165) is 36.3 Å². The average molecular weight is 355 g/mol. The number of hydrogen-bond donors (Lipinski definition) is 1. The fourth-order valence-corrected chi connectivity index (χ4v) is 3.40. The lowest BCUT2D eigenvalue weighted by molar-refractivity contribution is 0.0931. The van der Waals surface area contributed by atoms with Crippen molar-refractivity contribution in [3.8, 4) is 17.2 Å². The van der Waals surface area contributed by atoms with Crippen LogP contribution < -0.4 is 19.5 Å². The minimum Gasteiger partial charge on any atom is -0.493 e. The second kappa shape index (κ2) is 6.82. The lowest BCUT2D eigenvalue weighted by atomic mass is 9.92. The summed E-state index contributed by atoms with van der Waals surface area (Å²) in [5.41, 5.74) is 2.69. The Morgan fingerprint density at radius 3 is 3.00 bits per heavy atom. The molecule has 7 nitrogen and oxygen atoms in total. The zero-order valence-corrected chi connectivity index (χ0v) is 14.9. The van der Waals surface area contributed by atoms with Gasteiger partial charge < -0.3 is 19.5 Å². The minimum atomic E-state index is -0.151. The molecule has 1 aromatic heterocycles. The molecule has 0 saturated carbocycles. The van der Waals surface area contributed by atoms with Crippen LogP contribution >= 0.6 is 0 Å². The van der Waals surface area contributed by atoms with Crippen molar-refractivity contribution in [2.45, 2.75) is 32.2 Å². The zero-order chi connectivity index (χ0) is 18.1. The fourth-order valence-electron chi connectivity index (χ4n) is 3.40. The standard InChI is InChI=1S/C19H21N3O4/c1-11-20-10-13-7-14(3-4-15(13)21-11)22-19(23)12-8-16(24-2)18-17(9-12)25-5-6-26-18/h8-10,14H,3-7H2,1-2H3,(H,22,23)/t14-/m1/s1. The van der Waals surface area contributed by atoms with E-state index in [2.05, 4.69) is 15.3 Å². The molecule has 0 saturated heterocycles. The number of nitrogens with one attached hydrogen (secondary N) is 1. The number of methoxy groups -OCH3 is 1. The summed E-state index contributed by atoms with van der Waals surface area (Å²) in [6.07, 6.45) is 4.30. The lowest BCUT2D eigenvalue weighted by Gasteiger charge is -2.25. The topological polar surface area (TPSA) is 82.6 Å². The Hall–Kier alpha value is -2.83. The van der Waals surface area contributed by atoms with Gasteiger partial charge in [-0.3, -0.25) is 4.79 Å². The highest BCUT2D eigenvalue weighted by Crippen LogP contribution is 2.40. The number of nitrogens with zero attached hydrogens (tertiary/aromatic N) is 2. The first-order valence-electron chi connectivity index (χ1n) is 8.74. The monoisotopic (exact) mass is 355 g/mol. The molecule has 1 aliphatic carbocycles. The molecule has 1 aromatic carbocycles. The summed E-state index contributed by atoms with van der Waals surface area (Å²) >= 11 is 0. The molecule has 2 aliphatic rings. The molecule has 1 amide bonds. The average Bonchev–Trinajstić information content (AvgIpc) is 2.67. The van der Waals surface area contributed by atoms with E-state index in [9.17, 15) is 4.79 Å². The van der Waals surface area contributed by atoms with E-state index in [1.807, 2.05) is 13.1 Å². The predicted molar refractivity (Wildman–Crippen MR) is 94.0 cm³/mol. The molecule has 1 atom stereocenters. The summed E-state index contributed by atoms with van der Waals surface area (Å²) in [5.74, 6) is 2.23. The van der Waals surface area contributed by atoms with Gasteiger partial charge in [0.25, 0.3) is 5.91 Å². The molecule has 1 aliphatic heterocycles. The van der Waals surface area contributed by atoms with Crippen LogP contribution in [0.1, 0.15) is 33.9 Å². The molecule has 0 bridgehead atoms. The summed E-state index contributed by atoms with van der Waals surface area (Å²) in [4.78, 5) is 21.5. The zero-order valence-electron chi connectivity index (χ0n) is 14.9. The van der Waals surface area contributed by atoms with Crippen molar-refractivity contribution in [1.29, 1.82) is 0 Å². The van der Waals surface area contributed by atoms with Crippen molar-refractivity contribution in [2.75, 3.05) is 20.3 Å². The molecule has 4 rings (SSSR count). The van der Waals surface area contributed by atoms with Crippen molar-refractivity contribution in [2.24, 2.45) is 0 Å². The van der Waals surface area contributed by atoms with Gasteiger partial charge in [0.05, 0.1) is 7.11 Å². The SMILES string of the molecule is COc1cc(C(=O)N[C@@H]2CCc3nc(C)ncc3C2)cc2c1OCCO2. The van der Waals surface area contributed by atoms with Crippen LogP contribution in [0.5, 0.6) is 17.2 Å². The molecule has 0 spiro atoms. The van der Waals surface area contributed by atoms with Crippen molar-refractivity contribution >= 4 is 5.91 Å². The van der Waals surface area contributed by atoms with Crippen molar-refractivity contribution in [1.82, 2.24) is 15.3 Å². The van der Waals surface area contributed by atoms with Gasteiger partial charge in [0.15, 0.2) is 11.5 Å². The number of amides is 1. The highest BCUT2D eigenvalue weighted by atomic mass is 16.6. The number of ether oxygens (including phenoxy) is 3. The van der Waals surface area contributed by atoms with Crippen LogP contribution in [0.25, 0.3) is 0 Å². The third-order valence-corrected chi connectivity index (χ3v) is 4.70. The lowest BCUT2D eigenvalue weighted by Crippen LogP contribution is -2.39. The van der Waals surface area contributed by atoms with Crippen LogP contribution in [0.4, 0.5) is 0 Å². The summed E-state index contributed by atoms with van der Waals surface area (Å²) < 4.78 is 16.5. The van der Waals surface area contributed by atoms with Crippen molar-refractivity contribution in [3.63, 3.8) is 0 Å². The number of carbonyl (C=O) groups is 1. The Balaban J connectivity index is 1.51. The van der Waals surface area contributed by atoms with Crippen LogP contribution in [-0.4, -0.2) is 42.2 Å². The normalized spacial score (nSPS) is 18.0. The van der Waals surface area contributed by atoms with Crippen molar-refractivity contribution in [3.05, 3.63) is 41.0 Å². The van der Waals surface area contributed by atoms with Gasteiger partial charge in [-0.2, -0.15) is 0 Å². The van der Waals surface area contributed by atoms with Gasteiger partial charge >= 0.3 is 0 Å². The number of fused-ring (bicyclic) bond motifs is 2. The summed E-state index contributed by atoms with van der Waals surface area (Å²) in [6.45, 7) is 2.82. The third kappa shape index (κ3) is 3.16.